The van der Waals surface area contributed by atoms with Crippen LogP contribution in [0.1, 0.15) is 28.1 Å². The Balaban J connectivity index is 1.50. The average molecular weight is 556 g/mol. The van der Waals surface area contributed by atoms with Gasteiger partial charge in [-0.1, -0.05) is 23.7 Å². The van der Waals surface area contributed by atoms with Crippen LogP contribution in [0, 0.1) is 6.92 Å². The van der Waals surface area contributed by atoms with E-state index in [2.05, 4.69) is 20.2 Å². The van der Waals surface area contributed by atoms with Crippen LogP contribution in [0.2, 0.25) is 5.02 Å². The van der Waals surface area contributed by atoms with Gasteiger partial charge in [0.05, 0.1) is 35.8 Å². The Morgan fingerprint density at radius 3 is 2.77 bits per heavy atom. The predicted octanol–water partition coefficient (Wildman–Crippen LogP) is 5.28. The summed E-state index contributed by atoms with van der Waals surface area (Å²) in [5.41, 5.74) is 1.61. The minimum Gasteiger partial charge on any atom is -0.486 e. The number of nitrogens with zero attached hydrogens (tertiary/aromatic N) is 4. The van der Waals surface area contributed by atoms with E-state index in [0.29, 0.717) is 39.5 Å². The molecule has 0 radical (unpaired) electrons. The maximum Gasteiger partial charge on any atom is 0.421 e. The Hall–Kier alpha value is -4.22. The van der Waals surface area contributed by atoms with Gasteiger partial charge >= 0.3 is 6.18 Å². The fourth-order valence-corrected chi connectivity index (χ4v) is 4.54. The number of aromatic amines is 1. The van der Waals surface area contributed by atoms with Crippen molar-refractivity contribution in [3.05, 3.63) is 105 Å². The zero-order valence-corrected chi connectivity index (χ0v) is 21.2. The first-order valence-corrected chi connectivity index (χ1v) is 12.1. The number of H-pyrrole nitrogens is 1. The highest BCUT2D eigenvalue weighted by molar-refractivity contribution is 6.31. The Labute approximate surface area is 224 Å². The molecule has 0 fully saturated rings. The minimum atomic E-state index is -4.78. The van der Waals surface area contributed by atoms with Crippen LogP contribution in [0.5, 0.6) is 5.75 Å². The van der Waals surface area contributed by atoms with E-state index in [1.54, 1.807) is 18.3 Å². The number of hydrogen-bond acceptors (Lipinski definition) is 6. The fourth-order valence-electron chi connectivity index (χ4n) is 4.32. The molecular weight excluding hydrogens is 535 g/mol. The van der Waals surface area contributed by atoms with E-state index in [9.17, 15) is 23.1 Å². The number of pyridine rings is 3. The summed E-state index contributed by atoms with van der Waals surface area (Å²) in [6.07, 6.45) is -0.545. The summed E-state index contributed by atoms with van der Waals surface area (Å²) < 4.78 is 46.8. The van der Waals surface area contributed by atoms with Gasteiger partial charge in [0.25, 0.3) is 5.56 Å². The Kier molecular flexibility index (Phi) is 7.11. The van der Waals surface area contributed by atoms with Crippen molar-refractivity contribution in [2.75, 3.05) is 0 Å². The number of aryl methyl sites for hydroxylation is 1. The molecule has 200 valence electrons. The quantitative estimate of drug-likeness (QED) is 0.283. The van der Waals surface area contributed by atoms with Gasteiger partial charge in [-0.15, -0.1) is 0 Å². The van der Waals surface area contributed by atoms with Crippen molar-refractivity contribution >= 4 is 22.5 Å². The van der Waals surface area contributed by atoms with Crippen molar-refractivity contribution in [1.29, 1.82) is 0 Å². The molecule has 4 heterocycles. The van der Waals surface area contributed by atoms with E-state index in [-0.39, 0.29) is 24.8 Å². The molecular formula is C27H21ClF3N5O3. The molecule has 12 heteroatoms. The smallest absolute Gasteiger partial charge is 0.421 e. The van der Waals surface area contributed by atoms with E-state index in [0.717, 1.165) is 27.6 Å². The summed E-state index contributed by atoms with van der Waals surface area (Å²) in [4.78, 5) is 21.4. The fraction of sp³-hybridized carbons (Fsp3) is 0.185. The summed E-state index contributed by atoms with van der Waals surface area (Å²) in [7, 11) is 0. The summed E-state index contributed by atoms with van der Waals surface area (Å²) in [6.45, 7) is 1.33. The molecule has 2 N–H and O–H groups in total. The van der Waals surface area contributed by atoms with Gasteiger partial charge in [0.2, 0.25) is 0 Å². The van der Waals surface area contributed by atoms with Crippen LogP contribution < -0.4 is 10.3 Å². The second kappa shape index (κ2) is 10.5. The second-order valence-electron chi connectivity index (χ2n) is 8.75. The Bertz CT molecular complexity index is 1730. The third-order valence-electron chi connectivity index (χ3n) is 6.19. The van der Waals surface area contributed by atoms with Crippen molar-refractivity contribution in [2.45, 2.75) is 32.9 Å². The van der Waals surface area contributed by atoms with Crippen LogP contribution in [0.4, 0.5) is 13.2 Å². The molecule has 39 heavy (non-hydrogen) atoms. The van der Waals surface area contributed by atoms with E-state index >= 15 is 0 Å². The summed E-state index contributed by atoms with van der Waals surface area (Å²) in [6, 6.07) is 10.7. The van der Waals surface area contributed by atoms with Crippen molar-refractivity contribution in [3.63, 3.8) is 0 Å². The summed E-state index contributed by atoms with van der Waals surface area (Å²) in [5, 5.41) is 17.7. The lowest BCUT2D eigenvalue weighted by molar-refractivity contribution is -0.138. The first kappa shape index (κ1) is 26.4. The van der Waals surface area contributed by atoms with Crippen molar-refractivity contribution in [3.8, 4) is 17.0 Å². The lowest BCUT2D eigenvalue weighted by Crippen LogP contribution is -2.28. The second-order valence-corrected chi connectivity index (χ2v) is 9.16. The van der Waals surface area contributed by atoms with Crippen LogP contribution >= 0.6 is 11.6 Å². The van der Waals surface area contributed by atoms with Gasteiger partial charge in [-0.3, -0.25) is 14.9 Å². The molecule has 8 nitrogen and oxygen atoms in total. The number of para-hydroxylation sites is 1. The molecule has 0 amide bonds. The predicted molar refractivity (Wildman–Crippen MR) is 138 cm³/mol. The van der Waals surface area contributed by atoms with Crippen LogP contribution in [0.15, 0.2) is 65.8 Å². The van der Waals surface area contributed by atoms with Gasteiger partial charge in [-0.05, 0) is 37.3 Å². The summed E-state index contributed by atoms with van der Waals surface area (Å²) in [5.74, 6) is 0.435. The Morgan fingerprint density at radius 1 is 1.18 bits per heavy atom. The normalized spacial score (nSPS) is 11.7. The van der Waals surface area contributed by atoms with Gasteiger partial charge in [0.1, 0.15) is 23.4 Å². The number of nitrogens with one attached hydrogen (secondary N) is 1. The van der Waals surface area contributed by atoms with E-state index in [1.165, 1.54) is 18.5 Å². The number of benzene rings is 1. The topological polar surface area (TPSA) is 106 Å². The number of fused-ring (bicyclic) bond motifs is 1. The highest BCUT2D eigenvalue weighted by atomic mass is 35.5. The van der Waals surface area contributed by atoms with Gasteiger partial charge in [-0.25, -0.2) is 4.98 Å². The number of aliphatic hydroxyl groups excluding tert-OH is 1. The zero-order valence-electron chi connectivity index (χ0n) is 20.5. The first-order valence-electron chi connectivity index (χ1n) is 11.7. The molecule has 1 aromatic carbocycles. The molecule has 0 bridgehead atoms. The third-order valence-corrected chi connectivity index (χ3v) is 6.55. The van der Waals surface area contributed by atoms with Gasteiger partial charge in [0, 0.05) is 40.2 Å². The number of halogens is 4. The lowest BCUT2D eigenvalue weighted by atomic mass is 10.0. The minimum absolute atomic E-state index is 0.0776. The van der Waals surface area contributed by atoms with Crippen LogP contribution in [0.25, 0.3) is 22.2 Å². The highest BCUT2D eigenvalue weighted by Gasteiger charge is 2.34. The number of hydrogen-bond donors (Lipinski definition) is 2. The number of aromatic nitrogens is 5. The summed E-state index contributed by atoms with van der Waals surface area (Å²) >= 11 is 6.44. The van der Waals surface area contributed by atoms with Gasteiger partial charge < -0.3 is 14.4 Å². The third kappa shape index (κ3) is 5.23. The van der Waals surface area contributed by atoms with Crippen molar-refractivity contribution < 1.29 is 23.0 Å². The number of aliphatic hydroxyl groups is 1. The Morgan fingerprint density at radius 2 is 2.00 bits per heavy atom. The maximum absolute atomic E-state index is 13.2. The highest BCUT2D eigenvalue weighted by Crippen LogP contribution is 2.34. The molecule has 0 unspecified atom stereocenters. The van der Waals surface area contributed by atoms with Gasteiger partial charge in [0.15, 0.2) is 0 Å². The van der Waals surface area contributed by atoms with E-state index in [1.807, 2.05) is 19.1 Å². The molecule has 5 rings (SSSR count). The molecule has 0 saturated heterocycles. The van der Waals surface area contributed by atoms with E-state index < -0.39 is 17.3 Å². The lowest BCUT2D eigenvalue weighted by Gasteiger charge is -2.16. The average Bonchev–Trinajstić information content (AvgIpc) is 3.37. The van der Waals surface area contributed by atoms with Crippen molar-refractivity contribution in [1.82, 2.24) is 24.7 Å². The molecule has 5 aromatic rings. The molecule has 4 aromatic heterocycles. The van der Waals surface area contributed by atoms with Crippen LogP contribution in [0.3, 0.4) is 0 Å². The standard InChI is InChI=1S/C27H21ClF3N5O3/c1-15-10-18(24-16(13-37)11-33-35-24)17-4-2-6-23(25(17)34-15)39-14-19-21(28)7-8-32-22(19)12-36-9-3-5-20(26(36)38)27(29,30)31/h2-11,37H,12-14H2,1H3,(H,33,35). The van der Waals surface area contributed by atoms with Gasteiger partial charge in [-0.2, -0.15) is 18.3 Å². The molecule has 0 aliphatic heterocycles. The van der Waals surface area contributed by atoms with Crippen LogP contribution in [-0.2, 0) is 25.9 Å². The van der Waals surface area contributed by atoms with Crippen LogP contribution in [-0.4, -0.2) is 29.8 Å². The molecule has 0 saturated carbocycles. The molecule has 0 spiro atoms. The first-order chi connectivity index (χ1) is 18.7. The number of rotatable bonds is 7. The molecule has 0 aliphatic rings. The van der Waals surface area contributed by atoms with Crippen molar-refractivity contribution in [2.24, 2.45) is 0 Å². The molecule has 0 aliphatic carbocycles. The number of alkyl halides is 3. The molecule has 0 atom stereocenters. The zero-order chi connectivity index (χ0) is 27.7. The monoisotopic (exact) mass is 555 g/mol. The number of ether oxygens (including phenoxy) is 1. The largest absolute Gasteiger partial charge is 0.486 e. The van der Waals surface area contributed by atoms with E-state index in [4.69, 9.17) is 16.3 Å². The SMILES string of the molecule is Cc1cc(-c2[nH]ncc2CO)c2cccc(OCc3c(Cl)ccnc3Cn3cccc(C(F)(F)F)c3=O)c2n1. The maximum atomic E-state index is 13.2.